The molecule has 5 heteroatoms. The summed E-state index contributed by atoms with van der Waals surface area (Å²) in [4.78, 5) is 11.2. The van der Waals surface area contributed by atoms with Crippen LogP contribution in [0.25, 0.3) is 0 Å². The number of carbonyl (C=O) groups excluding carboxylic acids is 1. The van der Waals surface area contributed by atoms with E-state index in [9.17, 15) is 4.79 Å². The van der Waals surface area contributed by atoms with Crippen molar-refractivity contribution in [1.82, 2.24) is 0 Å². The smallest absolute Gasteiger partial charge is 0.252 e. The Bertz CT molecular complexity index is 765. The number of hydrogen-bond donors (Lipinski definition) is 3. The predicted molar refractivity (Wildman–Crippen MR) is 91.2 cm³/mol. The minimum absolute atomic E-state index is 0.169. The lowest BCUT2D eigenvalue weighted by Crippen LogP contribution is -2.11. The van der Waals surface area contributed by atoms with E-state index in [1.807, 2.05) is 30.3 Å². The fraction of sp³-hybridized carbons (Fsp3) is 0. The first-order valence-corrected chi connectivity index (χ1v) is 7.16. The third kappa shape index (κ3) is 5.06. The van der Waals surface area contributed by atoms with Crippen molar-refractivity contribution in [3.63, 3.8) is 0 Å². The van der Waals surface area contributed by atoms with Crippen LogP contribution >= 0.6 is 0 Å². The van der Waals surface area contributed by atoms with Crippen LogP contribution in [0.15, 0.2) is 78.9 Å². The third-order valence-electron chi connectivity index (χ3n) is 2.97. The number of para-hydroxylation sites is 2. The Hall–Kier alpha value is -3.47. The van der Waals surface area contributed by atoms with Crippen molar-refractivity contribution in [2.45, 2.75) is 0 Å². The molecule has 24 heavy (non-hydrogen) atoms. The van der Waals surface area contributed by atoms with Gasteiger partial charge in [0.2, 0.25) is 0 Å². The first kappa shape index (κ1) is 16.9. The first-order valence-electron chi connectivity index (χ1n) is 7.16. The average molecular weight is 323 g/mol. The summed E-state index contributed by atoms with van der Waals surface area (Å²) >= 11 is 0. The third-order valence-corrected chi connectivity index (χ3v) is 2.97. The summed E-state index contributed by atoms with van der Waals surface area (Å²) in [5, 5.41) is 17.3. The molecule has 0 saturated heterocycles. The van der Waals surface area contributed by atoms with Gasteiger partial charge in [-0.3, -0.25) is 4.79 Å². The highest BCUT2D eigenvalue weighted by Gasteiger charge is 2.08. The Kier molecular flexibility index (Phi) is 5.80. The normalized spacial score (nSPS) is 9.50. The van der Waals surface area contributed by atoms with Gasteiger partial charge in [0.05, 0.1) is 5.56 Å². The van der Waals surface area contributed by atoms with Gasteiger partial charge in [-0.25, -0.2) is 0 Å². The second-order valence-corrected chi connectivity index (χ2v) is 4.79. The van der Waals surface area contributed by atoms with Crippen LogP contribution in [0.4, 0.5) is 0 Å². The molecule has 0 atom stereocenters. The molecule has 0 bridgehead atoms. The van der Waals surface area contributed by atoms with Crippen molar-refractivity contribution in [3.05, 3.63) is 84.4 Å². The van der Waals surface area contributed by atoms with Gasteiger partial charge >= 0.3 is 0 Å². The lowest BCUT2D eigenvalue weighted by Gasteiger charge is -2.08. The molecule has 122 valence electrons. The monoisotopic (exact) mass is 323 g/mol. The molecule has 0 fully saturated rings. The number of hydrogen-bond acceptors (Lipinski definition) is 4. The lowest BCUT2D eigenvalue weighted by molar-refractivity contribution is 0.0998. The molecule has 0 aliphatic heterocycles. The van der Waals surface area contributed by atoms with E-state index in [4.69, 9.17) is 20.7 Å². The Labute approximate surface area is 139 Å². The van der Waals surface area contributed by atoms with Gasteiger partial charge in [0.15, 0.2) is 0 Å². The number of phenolic OH excluding ortho intramolecular Hbond substituents is 2. The number of phenols is 2. The summed E-state index contributed by atoms with van der Waals surface area (Å²) < 4.78 is 5.57. The molecule has 3 aromatic carbocycles. The molecule has 0 radical (unpaired) electrons. The van der Waals surface area contributed by atoms with E-state index in [-0.39, 0.29) is 11.5 Å². The van der Waals surface area contributed by atoms with Crippen molar-refractivity contribution in [2.24, 2.45) is 5.73 Å². The van der Waals surface area contributed by atoms with Gasteiger partial charge in [-0.05, 0) is 48.5 Å². The number of carbonyl (C=O) groups is 1. The quantitative estimate of drug-likeness (QED) is 0.641. The SMILES string of the molecule is NC(=O)c1ccccc1Oc1ccccc1.Oc1ccc(O)cc1. The summed E-state index contributed by atoms with van der Waals surface area (Å²) in [5.41, 5.74) is 5.63. The fourth-order valence-electron chi connectivity index (χ4n) is 1.83. The van der Waals surface area contributed by atoms with Crippen LogP contribution < -0.4 is 10.5 Å². The molecule has 1 amide bonds. The molecule has 0 heterocycles. The molecule has 0 aliphatic carbocycles. The second kappa shape index (κ2) is 8.24. The van der Waals surface area contributed by atoms with Crippen molar-refractivity contribution < 1.29 is 19.7 Å². The molecule has 3 rings (SSSR count). The van der Waals surface area contributed by atoms with Gasteiger partial charge in [0, 0.05) is 0 Å². The average Bonchev–Trinajstić information content (AvgIpc) is 2.59. The lowest BCUT2D eigenvalue weighted by atomic mass is 10.2. The molecule has 4 N–H and O–H groups in total. The van der Waals surface area contributed by atoms with E-state index in [0.29, 0.717) is 17.1 Å². The molecule has 0 aliphatic rings. The van der Waals surface area contributed by atoms with Gasteiger partial charge in [-0.2, -0.15) is 0 Å². The van der Waals surface area contributed by atoms with Gasteiger partial charge < -0.3 is 20.7 Å². The number of aromatic hydroxyl groups is 2. The van der Waals surface area contributed by atoms with E-state index in [2.05, 4.69) is 0 Å². The highest BCUT2D eigenvalue weighted by Crippen LogP contribution is 2.24. The molecule has 0 spiro atoms. The highest BCUT2D eigenvalue weighted by molar-refractivity contribution is 5.95. The van der Waals surface area contributed by atoms with E-state index in [0.717, 1.165) is 0 Å². The van der Waals surface area contributed by atoms with Crippen LogP contribution in [0.1, 0.15) is 10.4 Å². The summed E-state index contributed by atoms with van der Waals surface area (Å²) in [5.74, 6) is 0.995. The minimum atomic E-state index is -0.494. The summed E-state index contributed by atoms with van der Waals surface area (Å²) in [7, 11) is 0. The van der Waals surface area contributed by atoms with Crippen LogP contribution in [-0.2, 0) is 0 Å². The standard InChI is InChI=1S/C13H11NO2.C6H6O2/c14-13(15)11-8-4-5-9-12(11)16-10-6-2-1-3-7-10;7-5-1-2-6(8)4-3-5/h1-9H,(H2,14,15);1-4,7-8H. The molecule has 0 saturated carbocycles. The van der Waals surface area contributed by atoms with E-state index in [1.165, 1.54) is 24.3 Å². The van der Waals surface area contributed by atoms with Crippen molar-refractivity contribution >= 4 is 5.91 Å². The number of nitrogens with two attached hydrogens (primary N) is 1. The largest absolute Gasteiger partial charge is 0.508 e. The molecular weight excluding hydrogens is 306 g/mol. The maximum absolute atomic E-state index is 11.2. The summed E-state index contributed by atoms with van der Waals surface area (Å²) in [6.45, 7) is 0. The van der Waals surface area contributed by atoms with Crippen LogP contribution in [-0.4, -0.2) is 16.1 Å². The van der Waals surface area contributed by atoms with Crippen LogP contribution in [0.5, 0.6) is 23.0 Å². The number of rotatable bonds is 3. The predicted octanol–water partition coefficient (Wildman–Crippen LogP) is 3.68. The molecule has 0 aromatic heterocycles. The Balaban J connectivity index is 0.000000219. The molecule has 3 aromatic rings. The van der Waals surface area contributed by atoms with E-state index in [1.54, 1.807) is 24.3 Å². The number of amides is 1. The van der Waals surface area contributed by atoms with E-state index >= 15 is 0 Å². The Morgan fingerprint density at radius 3 is 1.79 bits per heavy atom. The van der Waals surface area contributed by atoms with Crippen LogP contribution in [0, 0.1) is 0 Å². The number of ether oxygens (including phenoxy) is 1. The zero-order chi connectivity index (χ0) is 17.4. The van der Waals surface area contributed by atoms with Crippen LogP contribution in [0.2, 0.25) is 0 Å². The van der Waals surface area contributed by atoms with Crippen molar-refractivity contribution in [3.8, 4) is 23.0 Å². The summed E-state index contributed by atoms with van der Waals surface area (Å²) in [6.07, 6.45) is 0. The zero-order valence-electron chi connectivity index (χ0n) is 12.8. The minimum Gasteiger partial charge on any atom is -0.508 e. The van der Waals surface area contributed by atoms with Gasteiger partial charge in [0.1, 0.15) is 23.0 Å². The highest BCUT2D eigenvalue weighted by atomic mass is 16.5. The topological polar surface area (TPSA) is 92.8 Å². The number of benzene rings is 3. The zero-order valence-corrected chi connectivity index (χ0v) is 12.8. The maximum atomic E-state index is 11.2. The molecule has 5 nitrogen and oxygen atoms in total. The molecule has 0 unspecified atom stereocenters. The Morgan fingerprint density at radius 1 is 0.750 bits per heavy atom. The van der Waals surface area contributed by atoms with Crippen molar-refractivity contribution in [2.75, 3.05) is 0 Å². The van der Waals surface area contributed by atoms with Gasteiger partial charge in [-0.1, -0.05) is 30.3 Å². The molecular formula is C19H17NO4. The van der Waals surface area contributed by atoms with Gasteiger partial charge in [0.25, 0.3) is 5.91 Å². The van der Waals surface area contributed by atoms with Gasteiger partial charge in [-0.15, -0.1) is 0 Å². The van der Waals surface area contributed by atoms with E-state index < -0.39 is 5.91 Å². The van der Waals surface area contributed by atoms with Crippen LogP contribution in [0.3, 0.4) is 0 Å². The Morgan fingerprint density at radius 2 is 1.25 bits per heavy atom. The maximum Gasteiger partial charge on any atom is 0.252 e. The summed E-state index contributed by atoms with van der Waals surface area (Å²) in [6, 6.07) is 21.9. The van der Waals surface area contributed by atoms with Crippen molar-refractivity contribution in [1.29, 1.82) is 0 Å². The number of primary amides is 1. The first-order chi connectivity index (χ1) is 11.6. The second-order valence-electron chi connectivity index (χ2n) is 4.79. The fourth-order valence-corrected chi connectivity index (χ4v) is 1.83.